The summed E-state index contributed by atoms with van der Waals surface area (Å²) in [5.74, 6) is -0.371. The topological polar surface area (TPSA) is 63.6 Å². The van der Waals surface area contributed by atoms with E-state index in [9.17, 15) is 9.59 Å². The lowest BCUT2D eigenvalue weighted by Crippen LogP contribution is -2.36. The molecular formula is C23H23N3O3. The first-order chi connectivity index (χ1) is 14.1. The first-order valence-corrected chi connectivity index (χ1v) is 9.69. The van der Waals surface area contributed by atoms with Gasteiger partial charge in [-0.25, -0.2) is 9.59 Å². The summed E-state index contributed by atoms with van der Waals surface area (Å²) in [6.45, 7) is 4.63. The molecule has 0 aliphatic carbocycles. The van der Waals surface area contributed by atoms with Crippen molar-refractivity contribution in [2.45, 2.75) is 26.4 Å². The first-order valence-electron chi connectivity index (χ1n) is 9.69. The van der Waals surface area contributed by atoms with Crippen molar-refractivity contribution in [3.8, 4) is 5.69 Å². The monoisotopic (exact) mass is 389 g/mol. The largest absolute Gasteiger partial charge is 0.462 e. The lowest BCUT2D eigenvalue weighted by molar-refractivity contribution is 0.0526. The summed E-state index contributed by atoms with van der Waals surface area (Å²) in [6, 6.07) is 18.6. The number of hydrogen-bond acceptors (Lipinski definition) is 3. The van der Waals surface area contributed by atoms with Crippen LogP contribution >= 0.6 is 0 Å². The Morgan fingerprint density at radius 1 is 1.07 bits per heavy atom. The Bertz CT molecular complexity index is 1040. The zero-order valence-electron chi connectivity index (χ0n) is 16.5. The van der Waals surface area contributed by atoms with Crippen LogP contribution in [0.25, 0.3) is 5.69 Å². The number of fused-ring (bicyclic) bond motifs is 3. The molecule has 0 fully saturated rings. The van der Waals surface area contributed by atoms with Crippen LogP contribution < -0.4 is 5.32 Å². The van der Waals surface area contributed by atoms with Gasteiger partial charge in [0.2, 0.25) is 0 Å². The Labute approximate surface area is 169 Å². The molecular weight excluding hydrogens is 366 g/mol. The van der Waals surface area contributed by atoms with E-state index in [-0.39, 0.29) is 18.0 Å². The second-order valence-electron chi connectivity index (χ2n) is 6.96. The van der Waals surface area contributed by atoms with Crippen LogP contribution in [0, 0.1) is 0 Å². The van der Waals surface area contributed by atoms with Gasteiger partial charge in [-0.05, 0) is 61.9 Å². The highest BCUT2D eigenvalue weighted by Crippen LogP contribution is 2.32. The molecule has 6 nitrogen and oxygen atoms in total. The van der Waals surface area contributed by atoms with Crippen molar-refractivity contribution in [2.24, 2.45) is 0 Å². The molecule has 6 heteroatoms. The van der Waals surface area contributed by atoms with E-state index < -0.39 is 0 Å². The predicted octanol–water partition coefficient (Wildman–Crippen LogP) is 4.76. The number of aromatic nitrogens is 1. The van der Waals surface area contributed by atoms with Crippen molar-refractivity contribution in [3.63, 3.8) is 0 Å². The van der Waals surface area contributed by atoms with Crippen LogP contribution in [0.2, 0.25) is 0 Å². The summed E-state index contributed by atoms with van der Waals surface area (Å²) in [5, 5.41) is 2.95. The number of anilines is 1. The summed E-state index contributed by atoms with van der Waals surface area (Å²) < 4.78 is 7.13. The van der Waals surface area contributed by atoms with Crippen LogP contribution in [0.1, 0.15) is 41.5 Å². The van der Waals surface area contributed by atoms with E-state index in [1.165, 1.54) is 0 Å². The number of urea groups is 1. The number of carbonyl (C=O) groups is 2. The SMILES string of the molecule is CCOC(=O)c1ccc(NC(=O)N2Cc3ccccc3-n3cccc3C2C)cc1. The lowest BCUT2D eigenvalue weighted by atomic mass is 10.1. The van der Waals surface area contributed by atoms with E-state index >= 15 is 0 Å². The van der Waals surface area contributed by atoms with Gasteiger partial charge < -0.3 is 19.5 Å². The number of rotatable bonds is 3. The summed E-state index contributed by atoms with van der Waals surface area (Å²) in [5.41, 5.74) is 4.32. The minimum Gasteiger partial charge on any atom is -0.462 e. The fraction of sp³-hybridized carbons (Fsp3) is 0.217. The van der Waals surface area contributed by atoms with Gasteiger partial charge in [-0.2, -0.15) is 0 Å². The van der Waals surface area contributed by atoms with Crippen molar-refractivity contribution in [1.29, 1.82) is 0 Å². The zero-order valence-corrected chi connectivity index (χ0v) is 16.5. The molecule has 0 saturated carbocycles. The van der Waals surface area contributed by atoms with E-state index in [4.69, 9.17) is 4.74 Å². The third-order valence-electron chi connectivity index (χ3n) is 5.18. The van der Waals surface area contributed by atoms with Gasteiger partial charge in [0.1, 0.15) is 0 Å². The Morgan fingerprint density at radius 2 is 1.83 bits per heavy atom. The number of benzene rings is 2. The molecule has 1 aromatic heterocycles. The number of nitrogens with one attached hydrogen (secondary N) is 1. The Hall–Kier alpha value is -3.54. The fourth-order valence-electron chi connectivity index (χ4n) is 3.66. The highest BCUT2D eigenvalue weighted by Gasteiger charge is 2.28. The minimum atomic E-state index is -0.371. The molecule has 4 rings (SSSR count). The number of amides is 2. The number of esters is 1. The molecule has 2 aromatic carbocycles. The molecule has 1 aliphatic heterocycles. The second kappa shape index (κ2) is 7.83. The molecule has 1 aliphatic rings. The highest BCUT2D eigenvalue weighted by atomic mass is 16.5. The molecule has 0 saturated heterocycles. The van der Waals surface area contributed by atoms with Crippen LogP contribution in [0.4, 0.5) is 10.5 Å². The fourth-order valence-corrected chi connectivity index (χ4v) is 3.66. The lowest BCUT2D eigenvalue weighted by Gasteiger charge is -2.27. The number of carbonyl (C=O) groups excluding carboxylic acids is 2. The van der Waals surface area contributed by atoms with E-state index in [0.717, 1.165) is 16.9 Å². The third-order valence-corrected chi connectivity index (χ3v) is 5.18. The van der Waals surface area contributed by atoms with Gasteiger partial charge in [-0.3, -0.25) is 0 Å². The average molecular weight is 389 g/mol. The predicted molar refractivity (Wildman–Crippen MR) is 111 cm³/mol. The first kappa shape index (κ1) is 18.8. The van der Waals surface area contributed by atoms with Gasteiger partial charge in [0.25, 0.3) is 0 Å². The van der Waals surface area contributed by atoms with Crippen LogP contribution in [-0.2, 0) is 11.3 Å². The maximum Gasteiger partial charge on any atom is 0.338 e. The van der Waals surface area contributed by atoms with Gasteiger partial charge in [0.15, 0.2) is 0 Å². The van der Waals surface area contributed by atoms with Crippen LogP contribution in [-0.4, -0.2) is 28.1 Å². The maximum atomic E-state index is 13.1. The van der Waals surface area contributed by atoms with Gasteiger partial charge >= 0.3 is 12.0 Å². The average Bonchev–Trinajstić information content (AvgIpc) is 3.18. The molecule has 1 atom stereocenters. The zero-order chi connectivity index (χ0) is 20.4. The van der Waals surface area contributed by atoms with Gasteiger partial charge in [0.05, 0.1) is 30.4 Å². The molecule has 0 spiro atoms. The van der Waals surface area contributed by atoms with Crippen LogP contribution in [0.3, 0.4) is 0 Å². The smallest absolute Gasteiger partial charge is 0.338 e. The van der Waals surface area contributed by atoms with E-state index in [1.807, 2.05) is 48.4 Å². The van der Waals surface area contributed by atoms with Crippen molar-refractivity contribution in [3.05, 3.63) is 83.7 Å². The molecule has 2 heterocycles. The molecule has 148 valence electrons. The Kier molecular flexibility index (Phi) is 5.08. The van der Waals surface area contributed by atoms with Gasteiger partial charge in [-0.15, -0.1) is 0 Å². The van der Waals surface area contributed by atoms with Crippen LogP contribution in [0.15, 0.2) is 66.9 Å². The molecule has 0 radical (unpaired) electrons. The second-order valence-corrected chi connectivity index (χ2v) is 6.96. The maximum absolute atomic E-state index is 13.1. The van der Waals surface area contributed by atoms with Gasteiger partial charge in [-0.1, -0.05) is 18.2 Å². The number of nitrogens with zero attached hydrogens (tertiary/aromatic N) is 2. The summed E-state index contributed by atoms with van der Waals surface area (Å²) >= 11 is 0. The van der Waals surface area contributed by atoms with E-state index in [2.05, 4.69) is 16.0 Å². The third kappa shape index (κ3) is 3.61. The van der Waals surface area contributed by atoms with Crippen molar-refractivity contribution in [2.75, 3.05) is 11.9 Å². The minimum absolute atomic E-state index is 0.101. The van der Waals surface area contributed by atoms with Crippen molar-refractivity contribution < 1.29 is 14.3 Å². The normalized spacial score (nSPS) is 15.1. The van der Waals surface area contributed by atoms with E-state index in [1.54, 1.807) is 31.2 Å². The molecule has 0 bridgehead atoms. The Balaban J connectivity index is 1.57. The molecule has 1 unspecified atom stereocenters. The highest BCUT2D eigenvalue weighted by molar-refractivity contribution is 5.92. The van der Waals surface area contributed by atoms with Crippen molar-refractivity contribution >= 4 is 17.7 Å². The molecule has 2 amide bonds. The molecule has 3 aromatic rings. The van der Waals surface area contributed by atoms with Crippen LogP contribution in [0.5, 0.6) is 0 Å². The number of ether oxygens (including phenoxy) is 1. The summed E-state index contributed by atoms with van der Waals surface area (Å²) in [6.07, 6.45) is 2.03. The quantitative estimate of drug-likeness (QED) is 0.657. The number of hydrogen-bond donors (Lipinski definition) is 1. The van der Waals surface area contributed by atoms with E-state index in [0.29, 0.717) is 24.4 Å². The molecule has 1 N–H and O–H groups in total. The summed E-state index contributed by atoms with van der Waals surface area (Å²) in [7, 11) is 0. The standard InChI is InChI=1S/C23H23N3O3/c1-3-29-22(27)17-10-12-19(13-11-17)24-23(28)26-15-18-7-4-5-8-21(18)25-14-6-9-20(25)16(26)2/h4-14,16H,3,15H2,1-2H3,(H,24,28). The van der Waals surface area contributed by atoms with Gasteiger partial charge in [0, 0.05) is 17.6 Å². The number of para-hydroxylation sites is 1. The van der Waals surface area contributed by atoms with Crippen molar-refractivity contribution in [1.82, 2.24) is 9.47 Å². The Morgan fingerprint density at radius 3 is 2.59 bits per heavy atom. The molecule has 29 heavy (non-hydrogen) atoms. The summed E-state index contributed by atoms with van der Waals surface area (Å²) in [4.78, 5) is 26.7.